The summed E-state index contributed by atoms with van der Waals surface area (Å²) >= 11 is 1.46. The Balaban J connectivity index is 1.55. The Bertz CT molecular complexity index is 1300. The van der Waals surface area contributed by atoms with E-state index in [0.717, 1.165) is 20.9 Å². The van der Waals surface area contributed by atoms with E-state index in [1.54, 1.807) is 18.2 Å². The van der Waals surface area contributed by atoms with E-state index in [-0.39, 0.29) is 23.5 Å². The number of carbonyl (C=O) groups is 1. The molecule has 1 atom stereocenters. The van der Waals surface area contributed by atoms with E-state index in [9.17, 15) is 9.59 Å². The molecule has 0 radical (unpaired) electrons. The summed E-state index contributed by atoms with van der Waals surface area (Å²) in [5.41, 5.74) is 8.56. The Morgan fingerprint density at radius 1 is 1.06 bits per heavy atom. The lowest BCUT2D eigenvalue weighted by Crippen LogP contribution is -2.26. The maximum atomic E-state index is 12.6. The molecular formula is C24H22N4O2S. The molecule has 3 aromatic carbocycles. The number of nitrogens with one attached hydrogen (secondary N) is 2. The fraction of sp³-hybridized carbons (Fsp3) is 0.125. The number of hydrogen-bond donors (Lipinski definition) is 3. The van der Waals surface area contributed by atoms with Crippen LogP contribution < -0.4 is 16.6 Å². The molecule has 4 rings (SSSR count). The van der Waals surface area contributed by atoms with Gasteiger partial charge in [-0.25, -0.2) is 4.98 Å². The van der Waals surface area contributed by atoms with Crippen LogP contribution in [0.4, 0.5) is 5.95 Å². The van der Waals surface area contributed by atoms with Crippen LogP contribution in [0.5, 0.6) is 0 Å². The number of aromatic nitrogens is 2. The van der Waals surface area contributed by atoms with Crippen molar-refractivity contribution in [1.82, 2.24) is 15.3 Å². The number of nitrogens with two attached hydrogens (primary N) is 1. The van der Waals surface area contributed by atoms with E-state index in [4.69, 9.17) is 5.73 Å². The molecule has 0 saturated carbocycles. The summed E-state index contributed by atoms with van der Waals surface area (Å²) in [6, 6.07) is 20.8. The smallest absolute Gasteiger partial charge is 0.261 e. The third kappa shape index (κ3) is 4.46. The number of nitrogens with zero attached hydrogens (tertiary/aromatic N) is 1. The third-order valence-electron chi connectivity index (χ3n) is 5.03. The van der Waals surface area contributed by atoms with Crippen molar-refractivity contribution in [2.45, 2.75) is 29.7 Å². The number of nitrogen functional groups attached to an aromatic ring is 1. The first-order valence-electron chi connectivity index (χ1n) is 9.85. The number of rotatable bonds is 5. The first-order valence-corrected chi connectivity index (χ1v) is 10.7. The van der Waals surface area contributed by atoms with Crippen LogP contribution in [-0.2, 0) is 0 Å². The van der Waals surface area contributed by atoms with E-state index < -0.39 is 0 Å². The lowest BCUT2D eigenvalue weighted by Gasteiger charge is -2.14. The van der Waals surface area contributed by atoms with Crippen LogP contribution in [0.25, 0.3) is 10.9 Å². The molecule has 0 aliphatic heterocycles. The van der Waals surface area contributed by atoms with Crippen LogP contribution in [0.15, 0.2) is 81.3 Å². The molecule has 0 unspecified atom stereocenters. The Morgan fingerprint density at radius 3 is 2.48 bits per heavy atom. The molecule has 0 aliphatic carbocycles. The van der Waals surface area contributed by atoms with Crippen LogP contribution >= 0.6 is 11.8 Å². The van der Waals surface area contributed by atoms with Gasteiger partial charge in [-0.1, -0.05) is 48.2 Å². The van der Waals surface area contributed by atoms with Gasteiger partial charge >= 0.3 is 0 Å². The standard InChI is InChI=1S/C24H22N4O2S/c1-14-8-13-19-20(23(30)28-24(25)27-19)21(14)31-18-11-9-17(10-12-18)22(29)26-15(2)16-6-4-3-5-7-16/h3-13,15H,1-2H3,(H,26,29)(H3,25,27,28,30)/t15-/m1/s1. The van der Waals surface area contributed by atoms with Crippen LogP contribution in [0.2, 0.25) is 0 Å². The largest absolute Gasteiger partial charge is 0.369 e. The van der Waals surface area contributed by atoms with Gasteiger partial charge in [-0.3, -0.25) is 14.6 Å². The van der Waals surface area contributed by atoms with Gasteiger partial charge in [0.05, 0.1) is 16.9 Å². The molecule has 0 aliphatic rings. The SMILES string of the molecule is Cc1ccc2nc(N)[nH]c(=O)c2c1Sc1ccc(C(=O)N[C@H](C)c2ccccc2)cc1. The Morgan fingerprint density at radius 2 is 1.77 bits per heavy atom. The number of H-pyrrole nitrogens is 1. The number of aromatic amines is 1. The van der Waals surface area contributed by atoms with Crippen LogP contribution in [0.1, 0.15) is 34.5 Å². The van der Waals surface area contributed by atoms with Crippen molar-refractivity contribution in [3.63, 3.8) is 0 Å². The molecule has 1 aromatic heterocycles. The summed E-state index contributed by atoms with van der Waals surface area (Å²) in [5.74, 6) is -0.0391. The molecule has 6 nitrogen and oxygen atoms in total. The van der Waals surface area contributed by atoms with Gasteiger partial charge in [-0.2, -0.15) is 0 Å². The number of benzene rings is 3. The van der Waals surface area contributed by atoms with Gasteiger partial charge in [-0.15, -0.1) is 0 Å². The molecule has 31 heavy (non-hydrogen) atoms. The average molecular weight is 431 g/mol. The fourth-order valence-corrected chi connectivity index (χ4v) is 4.39. The highest BCUT2D eigenvalue weighted by Crippen LogP contribution is 2.34. The van der Waals surface area contributed by atoms with Crippen molar-refractivity contribution in [3.8, 4) is 0 Å². The first kappa shape index (κ1) is 20.7. The molecule has 0 spiro atoms. The van der Waals surface area contributed by atoms with Crippen molar-refractivity contribution in [1.29, 1.82) is 0 Å². The van der Waals surface area contributed by atoms with Crippen molar-refractivity contribution in [2.24, 2.45) is 0 Å². The normalized spacial score (nSPS) is 11.9. The minimum atomic E-state index is -0.264. The van der Waals surface area contributed by atoms with Crippen LogP contribution in [-0.4, -0.2) is 15.9 Å². The van der Waals surface area contributed by atoms with Gasteiger partial charge < -0.3 is 11.1 Å². The molecule has 1 amide bonds. The quantitative estimate of drug-likeness (QED) is 0.434. The predicted octanol–water partition coefficient (Wildman–Crippen LogP) is 4.46. The van der Waals surface area contributed by atoms with Gasteiger partial charge in [-0.05, 0) is 55.3 Å². The van der Waals surface area contributed by atoms with E-state index in [1.807, 2.05) is 62.4 Å². The second-order valence-corrected chi connectivity index (χ2v) is 8.37. The maximum absolute atomic E-state index is 12.6. The molecule has 0 saturated heterocycles. The van der Waals surface area contributed by atoms with Crippen molar-refractivity contribution < 1.29 is 4.79 Å². The summed E-state index contributed by atoms with van der Waals surface area (Å²) in [5, 5.41) is 3.53. The predicted molar refractivity (Wildman–Crippen MR) is 124 cm³/mol. The number of anilines is 1. The summed E-state index contributed by atoms with van der Waals surface area (Å²) in [6.45, 7) is 3.91. The van der Waals surface area contributed by atoms with Gasteiger partial charge in [0.1, 0.15) is 0 Å². The minimum absolute atomic E-state index is 0.0901. The molecule has 7 heteroatoms. The minimum Gasteiger partial charge on any atom is -0.369 e. The van der Waals surface area contributed by atoms with Crippen molar-refractivity contribution in [3.05, 3.63) is 93.8 Å². The molecule has 4 N–H and O–H groups in total. The van der Waals surface area contributed by atoms with E-state index in [0.29, 0.717) is 16.5 Å². The van der Waals surface area contributed by atoms with E-state index in [1.165, 1.54) is 11.8 Å². The highest BCUT2D eigenvalue weighted by Gasteiger charge is 2.14. The summed E-state index contributed by atoms with van der Waals surface area (Å²) < 4.78 is 0. The molecule has 0 bridgehead atoms. The van der Waals surface area contributed by atoms with Crippen molar-refractivity contribution in [2.75, 3.05) is 5.73 Å². The highest BCUT2D eigenvalue weighted by atomic mass is 32.2. The first-order chi connectivity index (χ1) is 14.9. The number of hydrogen-bond acceptors (Lipinski definition) is 5. The second kappa shape index (κ2) is 8.65. The topological polar surface area (TPSA) is 101 Å². The average Bonchev–Trinajstić information content (AvgIpc) is 2.76. The number of carbonyl (C=O) groups excluding carboxylic acids is 1. The molecule has 156 valence electrons. The zero-order valence-corrected chi connectivity index (χ0v) is 18.0. The zero-order valence-electron chi connectivity index (χ0n) is 17.2. The molecular weight excluding hydrogens is 408 g/mol. The van der Waals surface area contributed by atoms with Gasteiger partial charge in [0.2, 0.25) is 5.95 Å². The number of fused-ring (bicyclic) bond motifs is 1. The summed E-state index contributed by atoms with van der Waals surface area (Å²) in [6.07, 6.45) is 0. The summed E-state index contributed by atoms with van der Waals surface area (Å²) in [4.78, 5) is 33.6. The Labute approximate surface area is 183 Å². The monoisotopic (exact) mass is 430 g/mol. The Kier molecular flexibility index (Phi) is 5.77. The van der Waals surface area contributed by atoms with Gasteiger partial charge in [0, 0.05) is 15.4 Å². The highest BCUT2D eigenvalue weighted by molar-refractivity contribution is 7.99. The molecule has 1 heterocycles. The molecule has 0 fully saturated rings. The lowest BCUT2D eigenvalue weighted by molar-refractivity contribution is 0.0940. The zero-order chi connectivity index (χ0) is 22.0. The third-order valence-corrected chi connectivity index (χ3v) is 6.26. The van der Waals surface area contributed by atoms with E-state index >= 15 is 0 Å². The van der Waals surface area contributed by atoms with Crippen LogP contribution in [0.3, 0.4) is 0 Å². The number of amides is 1. The van der Waals surface area contributed by atoms with Gasteiger partial charge in [0.25, 0.3) is 11.5 Å². The van der Waals surface area contributed by atoms with Gasteiger partial charge in [0.15, 0.2) is 0 Å². The second-order valence-electron chi connectivity index (χ2n) is 7.29. The Hall–Kier alpha value is -3.58. The summed E-state index contributed by atoms with van der Waals surface area (Å²) in [7, 11) is 0. The number of aryl methyl sites for hydroxylation is 1. The van der Waals surface area contributed by atoms with Crippen LogP contribution in [0, 0.1) is 6.92 Å². The lowest BCUT2D eigenvalue weighted by atomic mass is 10.1. The van der Waals surface area contributed by atoms with Crippen molar-refractivity contribution >= 4 is 34.5 Å². The van der Waals surface area contributed by atoms with E-state index in [2.05, 4.69) is 15.3 Å². The molecule has 4 aromatic rings. The fourth-order valence-electron chi connectivity index (χ4n) is 3.35. The maximum Gasteiger partial charge on any atom is 0.261 e.